The van der Waals surface area contributed by atoms with Crippen molar-refractivity contribution in [3.63, 3.8) is 0 Å². The van der Waals surface area contributed by atoms with Gasteiger partial charge in [0.25, 0.3) is 0 Å². The Bertz CT molecular complexity index is 108. The Morgan fingerprint density at radius 3 is 3.00 bits per heavy atom. The topological polar surface area (TPSA) is 41.5 Å². The molecule has 1 radical (unpaired) electrons. The summed E-state index contributed by atoms with van der Waals surface area (Å²) in [5.74, 6) is -0.0150. The van der Waals surface area contributed by atoms with Crippen molar-refractivity contribution < 1.29 is 4.79 Å². The molecule has 1 rings (SSSR count). The summed E-state index contributed by atoms with van der Waals surface area (Å²) in [5.41, 5.74) is 2.61. The van der Waals surface area contributed by atoms with Gasteiger partial charge in [-0.2, -0.15) is 5.10 Å². The lowest BCUT2D eigenvalue weighted by molar-refractivity contribution is -0.112. The second-order valence-corrected chi connectivity index (χ2v) is 1.30. The number of rotatable bonds is 0. The van der Waals surface area contributed by atoms with Gasteiger partial charge >= 0.3 is 0 Å². The normalized spacial score (nSPS) is 19.1. The van der Waals surface area contributed by atoms with E-state index >= 15 is 0 Å². The van der Waals surface area contributed by atoms with Crippen LogP contribution in [0.5, 0.6) is 0 Å². The highest BCUT2D eigenvalue weighted by molar-refractivity contribution is 6.27. The number of carbonyl (C=O) groups excluding carboxylic acids is 1. The fraction of sp³-hybridized carbons (Fsp3) is 0.500. The fourth-order valence-electron chi connectivity index (χ4n) is 0.383. The molecule has 0 spiro atoms. The van der Waals surface area contributed by atoms with Gasteiger partial charge in [0.05, 0.1) is 0 Å². The maximum atomic E-state index is 10.2. The maximum Gasteiger partial charge on any atom is 0.187 e. The molecule has 0 aromatic heterocycles. The van der Waals surface area contributed by atoms with Crippen molar-refractivity contribution in [1.29, 1.82) is 0 Å². The number of nitrogens with one attached hydrogen (secondary N) is 1. The van der Waals surface area contributed by atoms with E-state index in [1.54, 1.807) is 0 Å². The number of hydrazone groups is 1. The van der Waals surface area contributed by atoms with Crippen LogP contribution < -0.4 is 5.43 Å². The Hall–Kier alpha value is -0.860. The zero-order chi connectivity index (χ0) is 5.11. The van der Waals surface area contributed by atoms with Crippen molar-refractivity contribution in [2.45, 2.75) is 6.42 Å². The zero-order valence-corrected chi connectivity index (χ0v) is 3.77. The number of Topliss-reactive ketones (excluding diaryl/α,β-unsaturated/α-hetero) is 1. The predicted octanol–water partition coefficient (Wildman–Crippen LogP) is -0.588. The van der Waals surface area contributed by atoms with E-state index in [0.717, 1.165) is 0 Å². The quantitative estimate of drug-likeness (QED) is 0.439. The molecule has 37 valence electrons. The molecule has 0 fully saturated rings. The number of nitrogens with zero attached hydrogens (tertiary/aromatic N) is 1. The molecule has 7 heavy (non-hydrogen) atoms. The van der Waals surface area contributed by atoms with Gasteiger partial charge in [-0.25, -0.2) is 0 Å². The van der Waals surface area contributed by atoms with E-state index < -0.39 is 0 Å². The van der Waals surface area contributed by atoms with Crippen molar-refractivity contribution in [2.24, 2.45) is 5.10 Å². The van der Waals surface area contributed by atoms with Crippen molar-refractivity contribution in [1.82, 2.24) is 5.43 Å². The SMILES string of the molecule is O=C1[C]=NNCC1. The second-order valence-electron chi connectivity index (χ2n) is 1.30. The van der Waals surface area contributed by atoms with E-state index in [0.29, 0.717) is 13.0 Å². The van der Waals surface area contributed by atoms with E-state index in [-0.39, 0.29) is 5.78 Å². The molecule has 0 saturated carbocycles. The van der Waals surface area contributed by atoms with Crippen LogP contribution in [0, 0.1) is 0 Å². The van der Waals surface area contributed by atoms with E-state index in [2.05, 4.69) is 16.7 Å². The molecule has 1 N–H and O–H groups in total. The summed E-state index contributed by atoms with van der Waals surface area (Å²) in [4.78, 5) is 10.2. The minimum absolute atomic E-state index is 0.0150. The Kier molecular flexibility index (Phi) is 1.06. The Morgan fingerprint density at radius 1 is 1.86 bits per heavy atom. The molecule has 3 nitrogen and oxygen atoms in total. The Morgan fingerprint density at radius 2 is 2.71 bits per heavy atom. The third kappa shape index (κ3) is 0.994. The lowest BCUT2D eigenvalue weighted by Gasteiger charge is -1.99. The van der Waals surface area contributed by atoms with E-state index in [1.807, 2.05) is 0 Å². The first kappa shape index (κ1) is 4.30. The van der Waals surface area contributed by atoms with Gasteiger partial charge in [-0.05, 0) is 0 Å². The second kappa shape index (κ2) is 1.73. The number of hydrogen-bond donors (Lipinski definition) is 1. The van der Waals surface area contributed by atoms with Crippen LogP contribution in [0.3, 0.4) is 0 Å². The lowest BCUT2D eigenvalue weighted by Crippen LogP contribution is -2.19. The largest absolute Gasteiger partial charge is 0.309 e. The summed E-state index contributed by atoms with van der Waals surface area (Å²) in [7, 11) is 0. The van der Waals surface area contributed by atoms with Crippen LogP contribution in [0.4, 0.5) is 0 Å². The number of ketones is 1. The Labute approximate surface area is 41.4 Å². The molecule has 0 bridgehead atoms. The summed E-state index contributed by atoms with van der Waals surface area (Å²) >= 11 is 0. The third-order valence-electron chi connectivity index (χ3n) is 0.724. The van der Waals surface area contributed by atoms with Crippen LogP contribution in [-0.2, 0) is 4.79 Å². The van der Waals surface area contributed by atoms with Gasteiger partial charge in [0.1, 0.15) is 0 Å². The average molecular weight is 97.1 g/mol. The summed E-state index contributed by atoms with van der Waals surface area (Å²) in [5, 5.41) is 3.41. The molecule has 0 atom stereocenters. The van der Waals surface area contributed by atoms with Crippen molar-refractivity contribution in [3.8, 4) is 0 Å². The van der Waals surface area contributed by atoms with Crippen LogP contribution >= 0.6 is 0 Å². The molecular weight excluding hydrogens is 92.1 g/mol. The highest BCUT2D eigenvalue weighted by Crippen LogP contribution is 1.81. The van der Waals surface area contributed by atoms with Crippen molar-refractivity contribution in [3.05, 3.63) is 0 Å². The molecule has 1 heterocycles. The van der Waals surface area contributed by atoms with E-state index in [4.69, 9.17) is 0 Å². The van der Waals surface area contributed by atoms with Gasteiger partial charge in [-0.1, -0.05) is 0 Å². The molecule has 3 heteroatoms. The highest BCUT2D eigenvalue weighted by atomic mass is 16.1. The van der Waals surface area contributed by atoms with Gasteiger partial charge in [-0.15, -0.1) is 0 Å². The van der Waals surface area contributed by atoms with Gasteiger partial charge < -0.3 is 5.43 Å². The molecular formula is C4H5N2O. The molecule has 0 aliphatic carbocycles. The van der Waals surface area contributed by atoms with Crippen LogP contribution in [0.15, 0.2) is 5.10 Å². The summed E-state index contributed by atoms with van der Waals surface area (Å²) in [6, 6.07) is 0. The first-order valence-electron chi connectivity index (χ1n) is 2.11. The first-order valence-corrected chi connectivity index (χ1v) is 2.11. The third-order valence-corrected chi connectivity index (χ3v) is 0.724. The van der Waals surface area contributed by atoms with Gasteiger partial charge in [0.2, 0.25) is 0 Å². The lowest BCUT2D eigenvalue weighted by atomic mass is 10.3. The summed E-state index contributed by atoms with van der Waals surface area (Å²) < 4.78 is 0. The molecule has 0 saturated heterocycles. The molecule has 0 amide bonds. The Balaban J connectivity index is 2.51. The number of hydrogen-bond acceptors (Lipinski definition) is 3. The van der Waals surface area contributed by atoms with Crippen LogP contribution in [0.25, 0.3) is 0 Å². The highest BCUT2D eigenvalue weighted by Gasteiger charge is 2.00. The predicted molar refractivity (Wildman–Crippen MR) is 25.1 cm³/mol. The standard InChI is InChI=1S/C4H5N2O/c7-4-1-2-5-6-3-4/h5H,1-2H2. The van der Waals surface area contributed by atoms with Crippen LogP contribution in [0.1, 0.15) is 6.42 Å². The zero-order valence-electron chi connectivity index (χ0n) is 3.77. The molecule has 1 aliphatic heterocycles. The minimum atomic E-state index is -0.0150. The van der Waals surface area contributed by atoms with E-state index in [1.165, 1.54) is 0 Å². The summed E-state index contributed by atoms with van der Waals surface area (Å²) in [6.07, 6.45) is 2.79. The average Bonchev–Trinajstić information content (AvgIpc) is 1.69. The van der Waals surface area contributed by atoms with Gasteiger partial charge in [-0.3, -0.25) is 4.79 Å². The van der Waals surface area contributed by atoms with Crippen molar-refractivity contribution in [2.75, 3.05) is 6.54 Å². The number of carbonyl (C=O) groups is 1. The molecule has 1 aliphatic rings. The summed E-state index contributed by atoms with van der Waals surface area (Å²) in [6.45, 7) is 0.659. The van der Waals surface area contributed by atoms with Crippen molar-refractivity contribution >= 4 is 12.0 Å². The molecule has 0 aromatic carbocycles. The van der Waals surface area contributed by atoms with E-state index in [9.17, 15) is 4.79 Å². The molecule has 0 unspecified atom stereocenters. The minimum Gasteiger partial charge on any atom is -0.309 e. The van der Waals surface area contributed by atoms with Gasteiger partial charge in [0, 0.05) is 13.0 Å². The van der Waals surface area contributed by atoms with Crippen LogP contribution in [-0.4, -0.2) is 18.5 Å². The molecule has 0 aromatic rings. The first-order chi connectivity index (χ1) is 3.39. The van der Waals surface area contributed by atoms with Gasteiger partial charge in [0.15, 0.2) is 12.0 Å². The fourth-order valence-corrected chi connectivity index (χ4v) is 0.383. The maximum absolute atomic E-state index is 10.2. The van der Waals surface area contributed by atoms with Crippen LogP contribution in [0.2, 0.25) is 0 Å². The smallest absolute Gasteiger partial charge is 0.187 e. The monoisotopic (exact) mass is 97.0 g/mol.